The first-order chi connectivity index (χ1) is 16.4. The minimum atomic E-state index is -0.310. The molecule has 0 aromatic heterocycles. The molecule has 3 aromatic carbocycles. The number of aryl methyl sites for hydroxylation is 1. The van der Waals surface area contributed by atoms with Gasteiger partial charge in [0, 0.05) is 6.54 Å². The van der Waals surface area contributed by atoms with Crippen LogP contribution >= 0.6 is 23.2 Å². The number of benzene rings is 3. The molecule has 0 fully saturated rings. The second-order valence-corrected chi connectivity index (χ2v) is 8.99. The zero-order chi connectivity index (χ0) is 24.5. The van der Waals surface area contributed by atoms with Gasteiger partial charge in [-0.3, -0.25) is 4.79 Å². The lowest BCUT2D eigenvalue weighted by Crippen LogP contribution is -2.37. The van der Waals surface area contributed by atoms with Crippen molar-refractivity contribution in [3.05, 3.63) is 93.5 Å². The van der Waals surface area contributed by atoms with Crippen molar-refractivity contribution in [2.24, 2.45) is 11.7 Å². The summed E-state index contributed by atoms with van der Waals surface area (Å²) in [4.78, 5) is 12.7. The Kier molecular flexibility index (Phi) is 9.63. The molecule has 3 N–H and O–H groups in total. The van der Waals surface area contributed by atoms with Crippen molar-refractivity contribution >= 4 is 29.1 Å². The predicted molar refractivity (Wildman–Crippen MR) is 138 cm³/mol. The fourth-order valence-electron chi connectivity index (χ4n) is 3.57. The van der Waals surface area contributed by atoms with E-state index in [-0.39, 0.29) is 24.4 Å². The van der Waals surface area contributed by atoms with E-state index >= 15 is 0 Å². The van der Waals surface area contributed by atoms with E-state index in [1.165, 1.54) is 0 Å². The summed E-state index contributed by atoms with van der Waals surface area (Å²) < 4.78 is 11.4. The Morgan fingerprint density at radius 3 is 2.21 bits per heavy atom. The van der Waals surface area contributed by atoms with Crippen LogP contribution in [0.25, 0.3) is 0 Å². The van der Waals surface area contributed by atoms with Crippen molar-refractivity contribution < 1.29 is 14.3 Å². The maximum absolute atomic E-state index is 12.7. The molecular formula is C27H30Cl2N2O3. The highest BCUT2D eigenvalue weighted by Gasteiger charge is 2.19. The van der Waals surface area contributed by atoms with E-state index in [4.69, 9.17) is 38.4 Å². The van der Waals surface area contributed by atoms with Crippen LogP contribution < -0.4 is 20.5 Å². The zero-order valence-electron chi connectivity index (χ0n) is 19.4. The standard InChI is InChI=1S/C27H30Cl2N2O3/c1-18-14-24(28)26(25(29)15-18)34-13-12-33-23-10-8-20(9-11-23)16-22(17-30)27(32)31-19(2)21-6-4-3-5-7-21/h3-11,14-15,19,22H,12-13,16-17,30H2,1-2H3,(H,31,32). The highest BCUT2D eigenvalue weighted by atomic mass is 35.5. The Labute approximate surface area is 211 Å². The van der Waals surface area contributed by atoms with Gasteiger partial charge < -0.3 is 20.5 Å². The molecule has 0 spiro atoms. The van der Waals surface area contributed by atoms with E-state index < -0.39 is 0 Å². The van der Waals surface area contributed by atoms with Crippen LogP contribution in [0.15, 0.2) is 66.7 Å². The number of rotatable bonds is 11. The summed E-state index contributed by atoms with van der Waals surface area (Å²) in [6.45, 7) is 4.80. The lowest BCUT2D eigenvalue weighted by atomic mass is 9.97. The normalized spacial score (nSPS) is 12.6. The topological polar surface area (TPSA) is 73.6 Å². The zero-order valence-corrected chi connectivity index (χ0v) is 20.9. The molecule has 0 saturated heterocycles. The van der Waals surface area contributed by atoms with Crippen molar-refractivity contribution in [1.29, 1.82) is 0 Å². The Morgan fingerprint density at radius 1 is 0.971 bits per heavy atom. The number of halogens is 2. The SMILES string of the molecule is Cc1cc(Cl)c(OCCOc2ccc(CC(CN)C(=O)NC(C)c3ccccc3)cc2)c(Cl)c1. The van der Waals surface area contributed by atoms with E-state index in [0.717, 1.165) is 16.7 Å². The lowest BCUT2D eigenvalue weighted by Gasteiger charge is -2.20. The average molecular weight is 501 g/mol. The first kappa shape index (κ1) is 25.9. The summed E-state index contributed by atoms with van der Waals surface area (Å²) >= 11 is 12.4. The van der Waals surface area contributed by atoms with Crippen LogP contribution in [0.3, 0.4) is 0 Å². The predicted octanol–water partition coefficient (Wildman–Crippen LogP) is 5.75. The molecule has 0 saturated carbocycles. The van der Waals surface area contributed by atoms with E-state index in [1.807, 2.05) is 68.4 Å². The molecule has 0 bridgehead atoms. The number of carbonyl (C=O) groups excluding carboxylic acids is 1. The van der Waals surface area contributed by atoms with Crippen LogP contribution in [-0.2, 0) is 11.2 Å². The number of hydrogen-bond acceptors (Lipinski definition) is 4. The molecule has 0 radical (unpaired) electrons. The number of nitrogens with one attached hydrogen (secondary N) is 1. The van der Waals surface area contributed by atoms with Gasteiger partial charge in [0.25, 0.3) is 0 Å². The molecule has 5 nitrogen and oxygen atoms in total. The molecule has 2 unspecified atom stereocenters. The summed E-state index contributed by atoms with van der Waals surface area (Å²) in [5.74, 6) is 0.806. The fourth-order valence-corrected chi connectivity index (χ4v) is 4.28. The van der Waals surface area contributed by atoms with Crippen LogP contribution in [0.5, 0.6) is 11.5 Å². The Bertz CT molecular complexity index is 1050. The van der Waals surface area contributed by atoms with Crippen molar-refractivity contribution in [1.82, 2.24) is 5.32 Å². The van der Waals surface area contributed by atoms with Crippen molar-refractivity contribution in [2.75, 3.05) is 19.8 Å². The Balaban J connectivity index is 1.47. The average Bonchev–Trinajstić information content (AvgIpc) is 2.82. The molecule has 2 atom stereocenters. The van der Waals surface area contributed by atoms with Crippen LogP contribution in [0.1, 0.15) is 29.7 Å². The van der Waals surface area contributed by atoms with E-state index in [9.17, 15) is 4.79 Å². The van der Waals surface area contributed by atoms with Crippen molar-refractivity contribution in [2.45, 2.75) is 26.3 Å². The van der Waals surface area contributed by atoms with Gasteiger partial charge in [0.2, 0.25) is 5.91 Å². The number of ether oxygens (including phenoxy) is 2. The molecule has 0 aliphatic rings. The van der Waals surface area contributed by atoms with E-state index in [0.29, 0.717) is 41.2 Å². The minimum Gasteiger partial charge on any atom is -0.490 e. The van der Waals surface area contributed by atoms with Gasteiger partial charge in [-0.2, -0.15) is 0 Å². The fraction of sp³-hybridized carbons (Fsp3) is 0.296. The second kappa shape index (κ2) is 12.7. The third-order valence-electron chi connectivity index (χ3n) is 5.46. The Morgan fingerprint density at radius 2 is 1.59 bits per heavy atom. The summed E-state index contributed by atoms with van der Waals surface area (Å²) in [5, 5.41) is 4.02. The van der Waals surface area contributed by atoms with Gasteiger partial charge in [-0.15, -0.1) is 0 Å². The molecule has 34 heavy (non-hydrogen) atoms. The molecule has 7 heteroatoms. The largest absolute Gasteiger partial charge is 0.490 e. The third kappa shape index (κ3) is 7.39. The lowest BCUT2D eigenvalue weighted by molar-refractivity contribution is -0.125. The number of hydrogen-bond donors (Lipinski definition) is 2. The number of carbonyl (C=O) groups is 1. The van der Waals surface area contributed by atoms with Gasteiger partial charge in [-0.25, -0.2) is 0 Å². The summed E-state index contributed by atoms with van der Waals surface area (Å²) in [6, 6.07) is 21.0. The molecular weight excluding hydrogens is 471 g/mol. The maximum atomic E-state index is 12.7. The highest BCUT2D eigenvalue weighted by molar-refractivity contribution is 6.37. The molecule has 0 aliphatic carbocycles. The molecule has 3 aromatic rings. The molecule has 3 rings (SSSR count). The number of amides is 1. The van der Waals surface area contributed by atoms with Crippen LogP contribution in [0, 0.1) is 12.8 Å². The van der Waals surface area contributed by atoms with Crippen molar-refractivity contribution in [3.63, 3.8) is 0 Å². The second-order valence-electron chi connectivity index (χ2n) is 8.18. The van der Waals surface area contributed by atoms with Gasteiger partial charge in [-0.1, -0.05) is 65.7 Å². The Hall–Kier alpha value is -2.73. The summed E-state index contributed by atoms with van der Waals surface area (Å²) in [5.41, 5.74) is 8.95. The smallest absolute Gasteiger partial charge is 0.225 e. The quantitative estimate of drug-likeness (QED) is 0.328. The van der Waals surface area contributed by atoms with Crippen LogP contribution in [0.2, 0.25) is 10.0 Å². The first-order valence-electron chi connectivity index (χ1n) is 11.2. The van der Waals surface area contributed by atoms with Crippen LogP contribution in [-0.4, -0.2) is 25.7 Å². The van der Waals surface area contributed by atoms with Crippen molar-refractivity contribution in [3.8, 4) is 11.5 Å². The van der Waals surface area contributed by atoms with Gasteiger partial charge >= 0.3 is 0 Å². The summed E-state index contributed by atoms with van der Waals surface area (Å²) in [7, 11) is 0. The molecule has 0 heterocycles. The monoisotopic (exact) mass is 500 g/mol. The molecule has 0 aliphatic heterocycles. The van der Waals surface area contributed by atoms with Crippen LogP contribution in [0.4, 0.5) is 0 Å². The highest BCUT2D eigenvalue weighted by Crippen LogP contribution is 2.33. The van der Waals surface area contributed by atoms with Gasteiger partial charge in [-0.05, 0) is 61.2 Å². The maximum Gasteiger partial charge on any atom is 0.225 e. The minimum absolute atomic E-state index is 0.0512. The van der Waals surface area contributed by atoms with Gasteiger partial charge in [0.1, 0.15) is 19.0 Å². The molecule has 1 amide bonds. The van der Waals surface area contributed by atoms with Gasteiger partial charge in [0.15, 0.2) is 5.75 Å². The first-order valence-corrected chi connectivity index (χ1v) is 12.0. The third-order valence-corrected chi connectivity index (χ3v) is 6.02. The summed E-state index contributed by atoms with van der Waals surface area (Å²) in [6.07, 6.45) is 0.553. The van der Waals surface area contributed by atoms with E-state index in [1.54, 1.807) is 12.1 Å². The number of nitrogens with two attached hydrogens (primary N) is 1. The van der Waals surface area contributed by atoms with E-state index in [2.05, 4.69) is 5.32 Å². The molecule has 180 valence electrons. The van der Waals surface area contributed by atoms with Gasteiger partial charge in [0.05, 0.1) is 22.0 Å².